The van der Waals surface area contributed by atoms with E-state index >= 15 is 0 Å². The minimum atomic E-state index is -1.79. The van der Waals surface area contributed by atoms with Crippen LogP contribution in [0.4, 0.5) is 0 Å². The van der Waals surface area contributed by atoms with Crippen LogP contribution in [-0.2, 0) is 9.59 Å². The van der Waals surface area contributed by atoms with Gasteiger partial charge in [-0.3, -0.25) is 9.59 Å². The molecule has 0 bridgehead atoms. The molecule has 0 saturated carbocycles. The smallest absolute Gasteiger partial charge is 0.316 e. The van der Waals surface area contributed by atoms with Crippen LogP contribution in [0.5, 0.6) is 0 Å². The average molecular weight is 300 g/mol. The number of rotatable bonds is 8. The summed E-state index contributed by atoms with van der Waals surface area (Å²) in [5, 5.41) is 67.4. The topological polar surface area (TPSA) is 196 Å². The van der Waals surface area contributed by atoms with Crippen molar-refractivity contribution in [3.63, 3.8) is 0 Å². The first-order chi connectivity index (χ1) is 9.25. The van der Waals surface area contributed by atoms with E-state index in [0.717, 1.165) is 0 Å². The van der Waals surface area contributed by atoms with Crippen molar-refractivity contribution in [1.82, 2.24) is 0 Å². The molecular formula is C10H20O10. The highest BCUT2D eigenvalue weighted by Gasteiger charge is 2.37. The Kier molecular flexibility index (Phi) is 10.1. The van der Waals surface area contributed by atoms with Crippen LogP contribution in [0.2, 0.25) is 0 Å². The van der Waals surface area contributed by atoms with E-state index in [1.54, 1.807) is 0 Å². The van der Waals surface area contributed by atoms with Crippen LogP contribution >= 0.6 is 0 Å². The number of aliphatic hydroxyl groups is 6. The molecule has 0 aromatic carbocycles. The van der Waals surface area contributed by atoms with Gasteiger partial charge in [-0.25, -0.2) is 0 Å². The molecule has 0 aliphatic heterocycles. The highest BCUT2D eigenvalue weighted by atomic mass is 16.4. The fraction of sp³-hybridized carbons (Fsp3) is 0.800. The predicted molar refractivity (Wildman–Crippen MR) is 62.7 cm³/mol. The van der Waals surface area contributed by atoms with Crippen LogP contribution in [0.25, 0.3) is 0 Å². The molecule has 0 spiro atoms. The van der Waals surface area contributed by atoms with E-state index in [-0.39, 0.29) is 0 Å². The zero-order chi connectivity index (χ0) is 16.4. The molecule has 0 amide bonds. The molecule has 0 aliphatic carbocycles. The molecule has 0 saturated heterocycles. The zero-order valence-electron chi connectivity index (χ0n) is 10.6. The highest BCUT2D eigenvalue weighted by Crippen LogP contribution is 2.14. The summed E-state index contributed by atoms with van der Waals surface area (Å²) in [6.45, 7) is -4.61. The van der Waals surface area contributed by atoms with Gasteiger partial charge in [-0.2, -0.15) is 0 Å². The molecule has 0 aromatic heterocycles. The molecule has 0 heterocycles. The van der Waals surface area contributed by atoms with Crippen molar-refractivity contribution in [2.45, 2.75) is 0 Å². The Balaban J connectivity index is 0. The van der Waals surface area contributed by atoms with Crippen LogP contribution in [0.1, 0.15) is 0 Å². The van der Waals surface area contributed by atoms with Crippen molar-refractivity contribution >= 4 is 11.9 Å². The lowest BCUT2D eigenvalue weighted by atomic mass is 9.92. The lowest BCUT2D eigenvalue weighted by Crippen LogP contribution is -2.41. The summed E-state index contributed by atoms with van der Waals surface area (Å²) >= 11 is 0. The van der Waals surface area contributed by atoms with Crippen LogP contribution < -0.4 is 0 Å². The van der Waals surface area contributed by atoms with Crippen molar-refractivity contribution in [2.24, 2.45) is 10.8 Å². The second kappa shape index (κ2) is 9.58. The Morgan fingerprint density at radius 2 is 0.700 bits per heavy atom. The fourth-order valence-electron chi connectivity index (χ4n) is 0.706. The van der Waals surface area contributed by atoms with Crippen molar-refractivity contribution in [3.8, 4) is 0 Å². The monoisotopic (exact) mass is 300 g/mol. The first kappa shape index (κ1) is 21.0. The van der Waals surface area contributed by atoms with Gasteiger partial charge in [0.05, 0.1) is 39.6 Å². The second-order valence-electron chi connectivity index (χ2n) is 4.12. The number of carboxylic acids is 2. The second-order valence-corrected chi connectivity index (χ2v) is 4.12. The summed E-state index contributed by atoms with van der Waals surface area (Å²) in [5.74, 6) is -2.81. The van der Waals surface area contributed by atoms with Crippen LogP contribution in [0.3, 0.4) is 0 Å². The third-order valence-corrected chi connectivity index (χ3v) is 2.72. The van der Waals surface area contributed by atoms with Gasteiger partial charge in [0.2, 0.25) is 0 Å². The number of carbonyl (C=O) groups is 2. The number of hydrogen-bond donors (Lipinski definition) is 8. The first-order valence-electron chi connectivity index (χ1n) is 5.37. The van der Waals surface area contributed by atoms with Crippen molar-refractivity contribution in [2.75, 3.05) is 39.6 Å². The third-order valence-electron chi connectivity index (χ3n) is 2.72. The number of aliphatic hydroxyl groups excluding tert-OH is 6. The Morgan fingerprint density at radius 3 is 0.700 bits per heavy atom. The highest BCUT2D eigenvalue weighted by molar-refractivity contribution is 5.75. The summed E-state index contributed by atoms with van der Waals surface area (Å²) in [6, 6.07) is 0. The molecule has 0 rings (SSSR count). The third kappa shape index (κ3) is 5.00. The molecule has 0 fully saturated rings. The Hall–Kier alpha value is -1.30. The van der Waals surface area contributed by atoms with Gasteiger partial charge in [-0.15, -0.1) is 0 Å². The predicted octanol–water partition coefficient (Wildman–Crippen LogP) is -3.93. The Morgan fingerprint density at radius 1 is 0.550 bits per heavy atom. The standard InChI is InChI=1S/2C5H10O5/c2*6-1-5(2-7,3-8)4(9)10/h2*6-8H,1-3H2,(H,9,10). The molecule has 0 atom stereocenters. The van der Waals surface area contributed by atoms with E-state index in [1.165, 1.54) is 0 Å². The van der Waals surface area contributed by atoms with Crippen molar-refractivity contribution < 1.29 is 50.4 Å². The molecule has 0 aromatic rings. The van der Waals surface area contributed by atoms with Gasteiger partial charge in [0.1, 0.15) is 10.8 Å². The molecular weight excluding hydrogens is 280 g/mol. The van der Waals surface area contributed by atoms with Crippen molar-refractivity contribution in [3.05, 3.63) is 0 Å². The Labute approximate surface area is 114 Å². The maximum atomic E-state index is 10.2. The maximum Gasteiger partial charge on any atom is 0.316 e. The molecule has 8 N–H and O–H groups in total. The fourth-order valence-corrected chi connectivity index (χ4v) is 0.706. The summed E-state index contributed by atoms with van der Waals surface area (Å²) < 4.78 is 0. The van der Waals surface area contributed by atoms with Crippen LogP contribution in [-0.4, -0.2) is 92.4 Å². The average Bonchev–Trinajstić information content (AvgIpc) is 2.44. The van der Waals surface area contributed by atoms with E-state index in [1.807, 2.05) is 0 Å². The Bertz CT molecular complexity index is 248. The lowest BCUT2D eigenvalue weighted by Gasteiger charge is -2.20. The maximum absolute atomic E-state index is 10.2. The van der Waals surface area contributed by atoms with Gasteiger partial charge < -0.3 is 40.9 Å². The number of hydrogen-bond acceptors (Lipinski definition) is 8. The van der Waals surface area contributed by atoms with Crippen LogP contribution in [0, 0.1) is 10.8 Å². The van der Waals surface area contributed by atoms with Gasteiger partial charge >= 0.3 is 11.9 Å². The first-order valence-corrected chi connectivity index (χ1v) is 5.37. The van der Waals surface area contributed by atoms with E-state index < -0.39 is 62.4 Å². The lowest BCUT2D eigenvalue weighted by molar-refractivity contribution is -0.159. The molecule has 0 aliphatic rings. The van der Waals surface area contributed by atoms with E-state index in [2.05, 4.69) is 0 Å². The van der Waals surface area contributed by atoms with Crippen molar-refractivity contribution in [1.29, 1.82) is 0 Å². The number of aliphatic carboxylic acids is 2. The molecule has 20 heavy (non-hydrogen) atoms. The van der Waals surface area contributed by atoms with Crippen LogP contribution in [0.15, 0.2) is 0 Å². The van der Waals surface area contributed by atoms with E-state index in [4.69, 9.17) is 40.9 Å². The number of carboxylic acid groups (broad SMARTS) is 2. The molecule has 10 heteroatoms. The van der Waals surface area contributed by atoms with E-state index in [0.29, 0.717) is 0 Å². The van der Waals surface area contributed by atoms with Gasteiger partial charge in [0.25, 0.3) is 0 Å². The summed E-state index contributed by atoms with van der Waals surface area (Å²) in [5.41, 5.74) is -3.58. The molecule has 10 nitrogen and oxygen atoms in total. The summed E-state index contributed by atoms with van der Waals surface area (Å²) in [6.07, 6.45) is 0. The minimum absolute atomic E-state index is 0.769. The largest absolute Gasteiger partial charge is 0.481 e. The molecule has 0 radical (unpaired) electrons. The quantitative estimate of drug-likeness (QED) is 0.219. The van der Waals surface area contributed by atoms with Gasteiger partial charge in [-0.1, -0.05) is 0 Å². The summed E-state index contributed by atoms with van der Waals surface area (Å²) in [7, 11) is 0. The summed E-state index contributed by atoms with van der Waals surface area (Å²) in [4.78, 5) is 20.5. The minimum Gasteiger partial charge on any atom is -0.481 e. The zero-order valence-corrected chi connectivity index (χ0v) is 10.6. The van der Waals surface area contributed by atoms with Gasteiger partial charge in [-0.05, 0) is 0 Å². The van der Waals surface area contributed by atoms with Gasteiger partial charge in [0, 0.05) is 0 Å². The normalized spacial score (nSPS) is 11.5. The molecule has 120 valence electrons. The van der Waals surface area contributed by atoms with E-state index in [9.17, 15) is 9.59 Å². The molecule has 0 unspecified atom stereocenters. The SMILES string of the molecule is O=C(O)C(CO)(CO)CO.O=C(O)C(CO)(CO)CO. The van der Waals surface area contributed by atoms with Gasteiger partial charge in [0.15, 0.2) is 0 Å².